The maximum Gasteiger partial charge on any atom is 0.302 e. The molecule has 7 unspecified atom stereocenters. The third-order valence-corrected chi connectivity index (χ3v) is 19.2. The van der Waals surface area contributed by atoms with Gasteiger partial charge in [0.15, 0.2) is 0 Å². The van der Waals surface area contributed by atoms with Crippen LogP contribution in [0.1, 0.15) is 179 Å². The van der Waals surface area contributed by atoms with Gasteiger partial charge in [-0.2, -0.15) is 0 Å². The maximum absolute atomic E-state index is 13.0. The second-order valence-electron chi connectivity index (χ2n) is 21.4. The molecule has 0 spiro atoms. The van der Waals surface area contributed by atoms with E-state index < -0.39 is 0 Å². The van der Waals surface area contributed by atoms with Gasteiger partial charge in [-0.15, -0.1) is 0 Å². The molecule has 14 atom stereocenters. The highest BCUT2D eigenvalue weighted by Gasteiger charge is 2.62. The Morgan fingerprint density at radius 1 is 0.741 bits per heavy atom. The van der Waals surface area contributed by atoms with Gasteiger partial charge >= 0.3 is 5.97 Å². The predicted molar refractivity (Wildman–Crippen MR) is 236 cm³/mol. The van der Waals surface area contributed by atoms with E-state index in [-0.39, 0.29) is 41.7 Å². The van der Waals surface area contributed by atoms with E-state index in [1.807, 2.05) is 0 Å². The van der Waals surface area contributed by atoms with Gasteiger partial charge in [-0.05, 0) is 154 Å². The largest absolute Gasteiger partial charge is 0.462 e. The van der Waals surface area contributed by atoms with Crippen LogP contribution in [-0.2, 0) is 23.9 Å². The lowest BCUT2D eigenvalue weighted by atomic mass is 9.47. The smallest absolute Gasteiger partial charge is 0.302 e. The standard InChI is InChI=1S/C26H40O3.C25H41NO2.CH4/c1-6-17-14-22-20-9-8-18-15-19(29-16(3)27)10-12-25(18,4)21(20)11-13-26(22,5)24(17)23(28)7-2;1-5-26(6-2)15-16-28-19-11-13-24(3)18(17-19)7-8-20-21-9-10-23(27)25(21,4)14-12-22(20)24;/h8,17,19-22,24H,6-7,9-15H2,1-5H3;7,19-22H,5-6,8-17H2,1-4H3;1H4/t17-,19+,20?,21?,22?,24-,25+,26+;19?,20?,21?,22?,24-,25-;/m10./s1. The van der Waals surface area contributed by atoms with Gasteiger partial charge in [0, 0.05) is 44.1 Å². The number of rotatable bonds is 10. The monoisotopic (exact) mass is 804 g/mol. The van der Waals surface area contributed by atoms with Crippen molar-refractivity contribution in [2.45, 2.75) is 191 Å². The minimum atomic E-state index is -0.149. The molecule has 6 heteroatoms. The van der Waals surface area contributed by atoms with Gasteiger partial charge in [0.1, 0.15) is 17.7 Å². The Morgan fingerprint density at radius 3 is 1.88 bits per heavy atom. The van der Waals surface area contributed by atoms with Crippen molar-refractivity contribution in [2.24, 2.45) is 69.0 Å². The lowest BCUT2D eigenvalue weighted by Gasteiger charge is -2.58. The highest BCUT2D eigenvalue weighted by atomic mass is 16.5. The minimum absolute atomic E-state index is 0. The third-order valence-electron chi connectivity index (χ3n) is 19.2. The molecule has 0 aliphatic heterocycles. The normalized spacial score (nSPS) is 43.7. The fourth-order valence-electron chi connectivity index (χ4n) is 15.8. The van der Waals surface area contributed by atoms with Crippen LogP contribution < -0.4 is 0 Å². The van der Waals surface area contributed by atoms with E-state index in [4.69, 9.17) is 9.47 Å². The predicted octanol–water partition coefficient (Wildman–Crippen LogP) is 12.0. The molecule has 0 aromatic heterocycles. The van der Waals surface area contributed by atoms with Gasteiger partial charge < -0.3 is 14.4 Å². The Kier molecular flexibility index (Phi) is 14.1. The Morgan fingerprint density at radius 2 is 1.29 bits per heavy atom. The number of nitrogens with zero attached hydrogens (tertiary/aromatic N) is 1. The number of carbonyl (C=O) groups is 3. The number of allylic oxidation sites excluding steroid dienone is 2. The van der Waals surface area contributed by atoms with Crippen LogP contribution in [0.4, 0.5) is 0 Å². The molecule has 6 fully saturated rings. The quantitative estimate of drug-likeness (QED) is 0.162. The average molecular weight is 804 g/mol. The van der Waals surface area contributed by atoms with Crippen LogP contribution in [0.15, 0.2) is 23.3 Å². The van der Waals surface area contributed by atoms with Gasteiger partial charge in [0.05, 0.1) is 12.7 Å². The molecule has 8 aliphatic carbocycles. The van der Waals surface area contributed by atoms with Crippen LogP contribution in [0, 0.1) is 69.0 Å². The number of hydrogen-bond donors (Lipinski definition) is 0. The van der Waals surface area contributed by atoms with Crippen molar-refractivity contribution >= 4 is 17.5 Å². The molecule has 0 heterocycles. The number of likely N-dealkylation sites (N-methyl/N-ethyl adjacent to an activating group) is 1. The fraction of sp³-hybridized carbons (Fsp3) is 0.865. The van der Waals surface area contributed by atoms with Crippen LogP contribution in [0.25, 0.3) is 0 Å². The highest BCUT2D eigenvalue weighted by molar-refractivity contribution is 5.87. The first-order chi connectivity index (χ1) is 27.2. The number of ketones is 2. The third kappa shape index (κ3) is 7.92. The molecular weight excluding hydrogens is 719 g/mol. The maximum atomic E-state index is 13.0. The van der Waals surface area contributed by atoms with E-state index in [0.717, 1.165) is 108 Å². The van der Waals surface area contributed by atoms with Crippen LogP contribution in [0.5, 0.6) is 0 Å². The number of ether oxygens (including phenoxy) is 2. The van der Waals surface area contributed by atoms with Gasteiger partial charge in [0.25, 0.3) is 0 Å². The molecule has 6 saturated carbocycles. The molecule has 0 radical (unpaired) electrons. The van der Waals surface area contributed by atoms with Gasteiger partial charge in [-0.1, -0.05) is 92.5 Å². The topological polar surface area (TPSA) is 72.9 Å². The first kappa shape index (κ1) is 45.7. The molecule has 0 saturated heterocycles. The van der Waals surface area contributed by atoms with Crippen molar-refractivity contribution in [1.29, 1.82) is 0 Å². The van der Waals surface area contributed by atoms with E-state index in [1.165, 1.54) is 51.9 Å². The summed E-state index contributed by atoms with van der Waals surface area (Å²) in [6.07, 6.45) is 24.5. The number of fused-ring (bicyclic) bond motifs is 10. The summed E-state index contributed by atoms with van der Waals surface area (Å²) in [6.45, 7) is 24.2. The Hall–Kier alpha value is -1.79. The molecule has 0 aromatic rings. The van der Waals surface area contributed by atoms with Crippen molar-refractivity contribution in [3.05, 3.63) is 23.3 Å². The average Bonchev–Trinajstić information content (AvgIpc) is 3.68. The first-order valence-corrected chi connectivity index (χ1v) is 24.1. The molecule has 58 heavy (non-hydrogen) atoms. The van der Waals surface area contributed by atoms with E-state index in [0.29, 0.717) is 47.3 Å². The zero-order valence-electron chi connectivity index (χ0n) is 37.8. The van der Waals surface area contributed by atoms with Crippen molar-refractivity contribution < 1.29 is 23.9 Å². The first-order valence-electron chi connectivity index (χ1n) is 24.1. The highest BCUT2D eigenvalue weighted by Crippen LogP contribution is 2.68. The van der Waals surface area contributed by atoms with E-state index in [1.54, 1.807) is 11.1 Å². The van der Waals surface area contributed by atoms with Crippen molar-refractivity contribution in [3.8, 4) is 0 Å². The Balaban J connectivity index is 0.000000192. The number of hydrogen-bond acceptors (Lipinski definition) is 6. The Labute approximate surface area is 354 Å². The molecule has 6 nitrogen and oxygen atoms in total. The van der Waals surface area contributed by atoms with Crippen LogP contribution in [-0.4, -0.2) is 60.9 Å². The van der Waals surface area contributed by atoms with Crippen LogP contribution in [0.2, 0.25) is 0 Å². The van der Waals surface area contributed by atoms with E-state index >= 15 is 0 Å². The van der Waals surface area contributed by atoms with Crippen molar-refractivity contribution in [2.75, 3.05) is 26.2 Å². The fourth-order valence-corrected chi connectivity index (χ4v) is 15.8. The summed E-state index contributed by atoms with van der Waals surface area (Å²) >= 11 is 0. The number of Topliss-reactive ketones (excluding diaryl/α,β-unsaturated/α-hetero) is 2. The minimum Gasteiger partial charge on any atom is -0.462 e. The van der Waals surface area contributed by atoms with E-state index in [2.05, 4.69) is 72.4 Å². The summed E-state index contributed by atoms with van der Waals surface area (Å²) in [5.41, 5.74) is 4.04. The van der Waals surface area contributed by atoms with Crippen molar-refractivity contribution in [1.82, 2.24) is 4.90 Å². The molecular formula is C52H85NO5. The molecule has 0 bridgehead atoms. The zero-order valence-corrected chi connectivity index (χ0v) is 37.8. The van der Waals surface area contributed by atoms with E-state index in [9.17, 15) is 14.4 Å². The molecule has 8 aliphatic rings. The van der Waals surface area contributed by atoms with Crippen molar-refractivity contribution in [3.63, 3.8) is 0 Å². The van der Waals surface area contributed by atoms with Gasteiger partial charge in [-0.25, -0.2) is 0 Å². The molecule has 0 N–H and O–H groups in total. The lowest BCUT2D eigenvalue weighted by molar-refractivity contribution is -0.149. The number of carbonyl (C=O) groups excluding carboxylic acids is 3. The van der Waals surface area contributed by atoms with Crippen LogP contribution >= 0.6 is 0 Å². The summed E-state index contributed by atoms with van der Waals surface area (Å²) < 4.78 is 11.9. The Bertz CT molecular complexity index is 1560. The molecule has 328 valence electrons. The lowest BCUT2D eigenvalue weighted by Crippen LogP contribution is -2.51. The summed E-state index contributed by atoms with van der Waals surface area (Å²) in [5.74, 6) is 6.07. The second kappa shape index (κ2) is 17.9. The van der Waals surface area contributed by atoms with Gasteiger partial charge in [-0.3, -0.25) is 14.4 Å². The zero-order chi connectivity index (χ0) is 40.9. The molecule has 0 aromatic carbocycles. The molecule has 0 amide bonds. The summed E-state index contributed by atoms with van der Waals surface area (Å²) in [7, 11) is 0. The molecule has 8 rings (SSSR count). The second-order valence-corrected chi connectivity index (χ2v) is 21.4. The number of esters is 1. The van der Waals surface area contributed by atoms with Crippen LogP contribution in [0.3, 0.4) is 0 Å². The summed E-state index contributed by atoms with van der Waals surface area (Å²) in [5, 5.41) is 0. The SMILES string of the molecule is C.CCC(=O)[C@H]1[C@H](CC)CC2C3CC=C4C[C@@H](OC(C)=O)CC[C@]4(C)C3CC[C@@]21C.CCN(CC)CCOC1CC[C@@]2(C)C(=CCC3C2CC[C@]2(C)C(=O)CCC32)C1. The summed E-state index contributed by atoms with van der Waals surface area (Å²) in [6, 6.07) is 0. The van der Waals surface area contributed by atoms with Gasteiger partial charge in [0.2, 0.25) is 0 Å². The summed E-state index contributed by atoms with van der Waals surface area (Å²) in [4.78, 5) is 39.4.